The van der Waals surface area contributed by atoms with E-state index in [-0.39, 0.29) is 0 Å². The maximum atomic E-state index is 12.8. The van der Waals surface area contributed by atoms with E-state index in [9.17, 15) is 21.6 Å². The molecular weight excluding hydrogens is 343 g/mol. The van der Waals surface area contributed by atoms with Gasteiger partial charge in [0.05, 0.1) is 17.5 Å². The summed E-state index contributed by atoms with van der Waals surface area (Å²) in [5.41, 5.74) is 0.960. The molecule has 0 spiro atoms. The number of imidazole rings is 1. The molecule has 0 aliphatic heterocycles. The van der Waals surface area contributed by atoms with Crippen molar-refractivity contribution in [3.05, 3.63) is 54.4 Å². The molecule has 0 saturated carbocycles. The van der Waals surface area contributed by atoms with Crippen LogP contribution in [-0.2, 0) is 16.2 Å². The zero-order valence-corrected chi connectivity index (χ0v) is 13.2. The van der Waals surface area contributed by atoms with Crippen molar-refractivity contribution >= 4 is 21.4 Å². The number of fused-ring (bicyclic) bond motifs is 1. The summed E-state index contributed by atoms with van der Waals surface area (Å²) in [6.45, 7) is 0. The maximum absolute atomic E-state index is 12.8. The van der Waals surface area contributed by atoms with Crippen LogP contribution >= 0.6 is 0 Å². The molecule has 24 heavy (non-hydrogen) atoms. The molecule has 3 rings (SSSR count). The SMILES string of the molecule is CS(=O)(=O)Nc1cccc(-c2cn3cc(C(F)(F)F)ccc3n2)c1. The summed E-state index contributed by atoms with van der Waals surface area (Å²) in [6, 6.07) is 8.71. The summed E-state index contributed by atoms with van der Waals surface area (Å²) in [6.07, 6.45) is -0.976. The molecule has 1 N–H and O–H groups in total. The van der Waals surface area contributed by atoms with Gasteiger partial charge in [-0.25, -0.2) is 13.4 Å². The van der Waals surface area contributed by atoms with Crippen molar-refractivity contribution in [3.63, 3.8) is 0 Å². The molecule has 2 aromatic heterocycles. The zero-order chi connectivity index (χ0) is 17.5. The van der Waals surface area contributed by atoms with Crippen molar-refractivity contribution in [2.45, 2.75) is 6.18 Å². The van der Waals surface area contributed by atoms with Crippen molar-refractivity contribution < 1.29 is 21.6 Å². The Balaban J connectivity index is 2.02. The fourth-order valence-corrected chi connectivity index (χ4v) is 2.81. The first-order valence-corrected chi connectivity index (χ1v) is 8.65. The second-order valence-corrected chi connectivity index (χ2v) is 7.01. The number of nitrogens with one attached hydrogen (secondary N) is 1. The summed E-state index contributed by atoms with van der Waals surface area (Å²) in [5, 5.41) is 0. The Kier molecular flexibility index (Phi) is 3.75. The lowest BCUT2D eigenvalue weighted by Gasteiger charge is -2.05. The molecular formula is C15H12F3N3O2S. The molecule has 0 amide bonds. The summed E-state index contributed by atoms with van der Waals surface area (Å²) in [7, 11) is -3.42. The highest BCUT2D eigenvalue weighted by Crippen LogP contribution is 2.30. The Hall–Kier alpha value is -2.55. The van der Waals surface area contributed by atoms with Gasteiger partial charge < -0.3 is 4.40 Å². The Morgan fingerprint density at radius 1 is 1.12 bits per heavy atom. The summed E-state index contributed by atoms with van der Waals surface area (Å²) >= 11 is 0. The van der Waals surface area contributed by atoms with Crippen LogP contribution < -0.4 is 4.72 Å². The molecule has 0 bridgehead atoms. The van der Waals surface area contributed by atoms with Crippen molar-refractivity contribution in [3.8, 4) is 11.3 Å². The Bertz CT molecular complexity index is 1010. The molecule has 0 fully saturated rings. The molecule has 0 aliphatic rings. The van der Waals surface area contributed by atoms with Gasteiger partial charge in [-0.3, -0.25) is 4.72 Å². The number of pyridine rings is 1. The quantitative estimate of drug-likeness (QED) is 0.783. The third kappa shape index (κ3) is 3.51. The predicted octanol–water partition coefficient (Wildman–Crippen LogP) is 3.39. The second kappa shape index (κ2) is 5.52. The number of rotatable bonds is 3. The van der Waals surface area contributed by atoms with Crippen molar-refractivity contribution in [2.24, 2.45) is 0 Å². The average molecular weight is 355 g/mol. The molecule has 126 valence electrons. The molecule has 0 aliphatic carbocycles. The third-order valence-electron chi connectivity index (χ3n) is 3.24. The second-order valence-electron chi connectivity index (χ2n) is 5.26. The molecule has 9 heteroatoms. The van der Waals surface area contributed by atoms with E-state index in [1.54, 1.807) is 24.3 Å². The minimum atomic E-state index is -4.43. The summed E-state index contributed by atoms with van der Waals surface area (Å²) in [4.78, 5) is 4.26. The number of halogens is 3. The Labute approximate surface area is 135 Å². The third-order valence-corrected chi connectivity index (χ3v) is 3.85. The van der Waals surface area contributed by atoms with Gasteiger partial charge in [0.25, 0.3) is 0 Å². The highest BCUT2D eigenvalue weighted by Gasteiger charge is 2.30. The lowest BCUT2D eigenvalue weighted by molar-refractivity contribution is -0.137. The van der Waals surface area contributed by atoms with Gasteiger partial charge in [0.1, 0.15) is 5.65 Å². The first-order chi connectivity index (χ1) is 11.1. The van der Waals surface area contributed by atoms with Crippen molar-refractivity contribution in [1.82, 2.24) is 9.38 Å². The van der Waals surface area contributed by atoms with Gasteiger partial charge in [-0.15, -0.1) is 0 Å². The largest absolute Gasteiger partial charge is 0.417 e. The standard InChI is InChI=1S/C15H12F3N3O2S/c1-24(22,23)20-12-4-2-3-10(7-12)13-9-21-8-11(15(16,17)18)5-6-14(21)19-13/h2-9,20H,1H3. The molecule has 5 nitrogen and oxygen atoms in total. The Morgan fingerprint density at radius 3 is 2.54 bits per heavy atom. The van der Waals surface area contributed by atoms with E-state index in [1.165, 1.54) is 16.7 Å². The van der Waals surface area contributed by atoms with Crippen LogP contribution in [0.1, 0.15) is 5.56 Å². The van der Waals surface area contributed by atoms with Gasteiger partial charge in [0, 0.05) is 23.6 Å². The van der Waals surface area contributed by atoms with E-state index in [0.717, 1.165) is 18.5 Å². The minimum absolute atomic E-state index is 0.350. The normalized spacial score (nSPS) is 12.5. The number of benzene rings is 1. The fourth-order valence-electron chi connectivity index (χ4n) is 2.25. The number of alkyl halides is 3. The molecule has 0 saturated heterocycles. The topological polar surface area (TPSA) is 63.5 Å². The van der Waals surface area contributed by atoms with E-state index < -0.39 is 21.8 Å². The lowest BCUT2D eigenvalue weighted by Crippen LogP contribution is -2.09. The van der Waals surface area contributed by atoms with Crippen LogP contribution in [0.4, 0.5) is 18.9 Å². The zero-order valence-electron chi connectivity index (χ0n) is 12.4. The van der Waals surface area contributed by atoms with Gasteiger partial charge in [0.15, 0.2) is 0 Å². The molecule has 0 atom stereocenters. The molecule has 2 heterocycles. The lowest BCUT2D eigenvalue weighted by atomic mass is 10.1. The Morgan fingerprint density at radius 2 is 1.88 bits per heavy atom. The number of aromatic nitrogens is 2. The van der Waals surface area contributed by atoms with E-state index in [1.807, 2.05) is 0 Å². The van der Waals surface area contributed by atoms with E-state index in [0.29, 0.717) is 22.6 Å². The number of anilines is 1. The molecule has 3 aromatic rings. The first-order valence-electron chi connectivity index (χ1n) is 6.76. The van der Waals surface area contributed by atoms with Crippen LogP contribution in [0.15, 0.2) is 48.8 Å². The van der Waals surface area contributed by atoms with Gasteiger partial charge in [-0.05, 0) is 24.3 Å². The smallest absolute Gasteiger partial charge is 0.306 e. The molecule has 0 radical (unpaired) electrons. The van der Waals surface area contributed by atoms with Gasteiger partial charge in [-0.2, -0.15) is 13.2 Å². The van der Waals surface area contributed by atoms with Crippen LogP contribution in [0.5, 0.6) is 0 Å². The summed E-state index contributed by atoms with van der Waals surface area (Å²) in [5.74, 6) is 0. The number of hydrogen-bond acceptors (Lipinski definition) is 3. The van der Waals surface area contributed by atoms with E-state index >= 15 is 0 Å². The van der Waals surface area contributed by atoms with Crippen LogP contribution in [0.2, 0.25) is 0 Å². The van der Waals surface area contributed by atoms with Crippen molar-refractivity contribution in [2.75, 3.05) is 11.0 Å². The molecule has 0 unspecified atom stereocenters. The van der Waals surface area contributed by atoms with Gasteiger partial charge in [-0.1, -0.05) is 12.1 Å². The molecule has 1 aromatic carbocycles. The van der Waals surface area contributed by atoms with Crippen LogP contribution in [0.25, 0.3) is 16.9 Å². The van der Waals surface area contributed by atoms with Crippen molar-refractivity contribution in [1.29, 1.82) is 0 Å². The number of nitrogens with zero attached hydrogens (tertiary/aromatic N) is 2. The van der Waals surface area contributed by atoms with Crippen LogP contribution in [0, 0.1) is 0 Å². The maximum Gasteiger partial charge on any atom is 0.417 e. The first kappa shape index (κ1) is 16.3. The van der Waals surface area contributed by atoms with E-state index in [4.69, 9.17) is 0 Å². The van der Waals surface area contributed by atoms with E-state index in [2.05, 4.69) is 9.71 Å². The monoisotopic (exact) mass is 355 g/mol. The minimum Gasteiger partial charge on any atom is -0.306 e. The fraction of sp³-hybridized carbons (Fsp3) is 0.133. The highest BCUT2D eigenvalue weighted by atomic mass is 32.2. The predicted molar refractivity (Wildman–Crippen MR) is 84.1 cm³/mol. The van der Waals surface area contributed by atoms with Gasteiger partial charge in [0.2, 0.25) is 10.0 Å². The summed E-state index contributed by atoms with van der Waals surface area (Å²) < 4.78 is 64.5. The average Bonchev–Trinajstić information content (AvgIpc) is 2.87. The van der Waals surface area contributed by atoms with Gasteiger partial charge >= 0.3 is 6.18 Å². The highest BCUT2D eigenvalue weighted by molar-refractivity contribution is 7.92. The number of sulfonamides is 1. The number of hydrogen-bond donors (Lipinski definition) is 1. The van der Waals surface area contributed by atoms with Crippen LogP contribution in [-0.4, -0.2) is 24.1 Å². The van der Waals surface area contributed by atoms with Crippen LogP contribution in [0.3, 0.4) is 0 Å².